The molecule has 1 aromatic carbocycles. The van der Waals surface area contributed by atoms with Crippen molar-refractivity contribution in [2.45, 2.75) is 12.8 Å². The molecule has 0 aliphatic carbocycles. The summed E-state index contributed by atoms with van der Waals surface area (Å²) < 4.78 is 24.4. The van der Waals surface area contributed by atoms with E-state index in [-0.39, 0.29) is 18.8 Å². The molecule has 126 valence electrons. The molecule has 0 bridgehead atoms. The predicted octanol–water partition coefficient (Wildman–Crippen LogP) is 0.0816. The Morgan fingerprint density at radius 2 is 1.96 bits per heavy atom. The Balaban J connectivity index is 1.86. The van der Waals surface area contributed by atoms with Gasteiger partial charge in [-0.25, -0.2) is 8.42 Å². The van der Waals surface area contributed by atoms with Crippen LogP contribution in [-0.4, -0.2) is 55.1 Å². The van der Waals surface area contributed by atoms with Crippen LogP contribution >= 0.6 is 0 Å². The molecular formula is C15H20N2O5S. The fraction of sp³-hybridized carbons (Fsp3) is 0.467. The summed E-state index contributed by atoms with van der Waals surface area (Å²) in [5.41, 5.74) is 0.872. The first-order chi connectivity index (χ1) is 10.9. The molecule has 1 heterocycles. The minimum Gasteiger partial charge on any atom is -0.481 e. The predicted molar refractivity (Wildman–Crippen MR) is 84.3 cm³/mol. The highest BCUT2D eigenvalue weighted by atomic mass is 32.2. The van der Waals surface area contributed by atoms with Crippen molar-refractivity contribution in [1.29, 1.82) is 0 Å². The Hall–Kier alpha value is -1.93. The molecule has 1 atom stereocenters. The molecule has 1 aromatic rings. The number of rotatable bonds is 7. The van der Waals surface area contributed by atoms with E-state index < -0.39 is 27.8 Å². The van der Waals surface area contributed by atoms with Crippen molar-refractivity contribution in [2.75, 3.05) is 25.4 Å². The molecule has 1 fully saturated rings. The quantitative estimate of drug-likeness (QED) is 0.732. The number of amides is 1. The van der Waals surface area contributed by atoms with Crippen LogP contribution in [0.15, 0.2) is 30.3 Å². The molecule has 1 saturated heterocycles. The van der Waals surface area contributed by atoms with Crippen molar-refractivity contribution >= 4 is 21.9 Å². The van der Waals surface area contributed by atoms with E-state index in [1.54, 1.807) is 0 Å². The number of aliphatic carboxylic acids is 1. The van der Waals surface area contributed by atoms with Crippen LogP contribution in [0.5, 0.6) is 0 Å². The Kier molecular flexibility index (Phi) is 5.73. The van der Waals surface area contributed by atoms with Gasteiger partial charge in [-0.15, -0.1) is 0 Å². The van der Waals surface area contributed by atoms with Gasteiger partial charge in [-0.3, -0.25) is 9.59 Å². The number of benzene rings is 1. The highest BCUT2D eigenvalue weighted by Crippen LogP contribution is 2.12. The van der Waals surface area contributed by atoms with Gasteiger partial charge in [0.15, 0.2) is 0 Å². The Bertz CT molecular complexity index is 660. The fourth-order valence-electron chi connectivity index (χ4n) is 2.47. The van der Waals surface area contributed by atoms with Gasteiger partial charge in [-0.05, 0) is 18.4 Å². The highest BCUT2D eigenvalue weighted by molar-refractivity contribution is 7.89. The molecule has 8 heteroatoms. The topological polar surface area (TPSA) is 104 Å². The summed E-state index contributed by atoms with van der Waals surface area (Å²) in [4.78, 5) is 23.2. The van der Waals surface area contributed by atoms with Crippen molar-refractivity contribution in [3.05, 3.63) is 35.9 Å². The molecule has 0 saturated carbocycles. The van der Waals surface area contributed by atoms with Crippen LogP contribution in [-0.2, 0) is 26.0 Å². The maximum Gasteiger partial charge on any atom is 0.308 e. The standard InChI is InChI=1S/C15H20N2O5S/c18-14(11-17-7-4-8-23(17,21)22)16-10-13(15(19)20)9-12-5-2-1-3-6-12/h1-3,5-6,13H,4,7-11H2,(H,16,18)(H,19,20). The third-order valence-electron chi connectivity index (χ3n) is 3.74. The lowest BCUT2D eigenvalue weighted by molar-refractivity contribution is -0.141. The first kappa shape index (κ1) is 17.4. The van der Waals surface area contributed by atoms with Gasteiger partial charge in [0.1, 0.15) is 0 Å². The highest BCUT2D eigenvalue weighted by Gasteiger charge is 2.30. The van der Waals surface area contributed by atoms with Crippen molar-refractivity contribution in [2.24, 2.45) is 5.92 Å². The maximum absolute atomic E-state index is 11.9. The Labute approximate surface area is 135 Å². The molecule has 2 rings (SSSR count). The number of carbonyl (C=O) groups is 2. The number of sulfonamides is 1. The summed E-state index contributed by atoms with van der Waals surface area (Å²) in [6.45, 7) is 0.0546. The van der Waals surface area contributed by atoms with Crippen LogP contribution in [0.3, 0.4) is 0 Å². The third-order valence-corrected chi connectivity index (χ3v) is 5.65. The summed E-state index contributed by atoms with van der Waals surface area (Å²) in [6, 6.07) is 9.15. The summed E-state index contributed by atoms with van der Waals surface area (Å²) in [6.07, 6.45) is 0.819. The van der Waals surface area contributed by atoms with Crippen LogP contribution in [0.4, 0.5) is 0 Å². The lowest BCUT2D eigenvalue weighted by Gasteiger charge is -2.16. The molecule has 0 radical (unpaired) electrons. The van der Waals surface area contributed by atoms with Crippen LogP contribution in [0.2, 0.25) is 0 Å². The smallest absolute Gasteiger partial charge is 0.308 e. The number of nitrogens with zero attached hydrogens (tertiary/aromatic N) is 1. The third kappa shape index (κ3) is 5.04. The van der Waals surface area contributed by atoms with Crippen LogP contribution < -0.4 is 5.32 Å². The van der Waals surface area contributed by atoms with Gasteiger partial charge >= 0.3 is 5.97 Å². The Morgan fingerprint density at radius 1 is 1.26 bits per heavy atom. The second kappa shape index (κ2) is 7.56. The van der Waals surface area contributed by atoms with Crippen molar-refractivity contribution in [1.82, 2.24) is 9.62 Å². The zero-order valence-corrected chi connectivity index (χ0v) is 13.5. The monoisotopic (exact) mass is 340 g/mol. The maximum atomic E-state index is 11.9. The summed E-state index contributed by atoms with van der Waals surface area (Å²) >= 11 is 0. The molecular weight excluding hydrogens is 320 g/mol. The van der Waals surface area contributed by atoms with Crippen LogP contribution in [0, 0.1) is 5.92 Å². The largest absolute Gasteiger partial charge is 0.481 e. The summed E-state index contributed by atoms with van der Waals surface area (Å²) in [5, 5.41) is 11.8. The van der Waals surface area contributed by atoms with Gasteiger partial charge in [0.05, 0.1) is 18.2 Å². The van der Waals surface area contributed by atoms with Gasteiger partial charge in [-0.1, -0.05) is 30.3 Å². The molecule has 1 amide bonds. The fourth-order valence-corrected chi connectivity index (χ4v) is 3.94. The second-order valence-corrected chi connectivity index (χ2v) is 7.62. The number of hydrogen-bond acceptors (Lipinski definition) is 4. The molecule has 7 nitrogen and oxygen atoms in total. The summed E-state index contributed by atoms with van der Waals surface area (Å²) in [7, 11) is -3.33. The van der Waals surface area contributed by atoms with Gasteiger partial charge in [0.25, 0.3) is 0 Å². The SMILES string of the molecule is O=C(CN1CCCS1(=O)=O)NCC(Cc1ccccc1)C(=O)O. The molecule has 23 heavy (non-hydrogen) atoms. The second-order valence-electron chi connectivity index (χ2n) is 5.53. The number of hydrogen-bond donors (Lipinski definition) is 2. The minimum absolute atomic E-state index is 0.0308. The normalized spacial score (nSPS) is 18.4. The van der Waals surface area contributed by atoms with Gasteiger partial charge in [-0.2, -0.15) is 4.31 Å². The van der Waals surface area contributed by atoms with Gasteiger partial charge < -0.3 is 10.4 Å². The van der Waals surface area contributed by atoms with Crippen LogP contribution in [0.25, 0.3) is 0 Å². The molecule has 0 spiro atoms. The van der Waals surface area contributed by atoms with E-state index >= 15 is 0 Å². The zero-order chi connectivity index (χ0) is 16.9. The molecule has 0 aromatic heterocycles. The van der Waals surface area contributed by atoms with Gasteiger partial charge in [0.2, 0.25) is 15.9 Å². The van der Waals surface area contributed by atoms with E-state index in [2.05, 4.69) is 5.32 Å². The average Bonchev–Trinajstić information content (AvgIpc) is 2.83. The van der Waals surface area contributed by atoms with E-state index in [9.17, 15) is 23.1 Å². The molecule has 2 N–H and O–H groups in total. The van der Waals surface area contributed by atoms with E-state index in [0.717, 1.165) is 9.87 Å². The van der Waals surface area contributed by atoms with E-state index in [4.69, 9.17) is 0 Å². The van der Waals surface area contributed by atoms with Gasteiger partial charge in [0, 0.05) is 13.1 Å². The molecule has 1 aliphatic rings. The number of nitrogens with one attached hydrogen (secondary N) is 1. The van der Waals surface area contributed by atoms with Crippen LogP contribution in [0.1, 0.15) is 12.0 Å². The number of carboxylic acid groups (broad SMARTS) is 1. The van der Waals surface area contributed by atoms with Crippen molar-refractivity contribution in [3.8, 4) is 0 Å². The van der Waals surface area contributed by atoms with E-state index in [1.807, 2.05) is 30.3 Å². The van der Waals surface area contributed by atoms with E-state index in [0.29, 0.717) is 19.4 Å². The van der Waals surface area contributed by atoms with E-state index in [1.165, 1.54) is 0 Å². The summed E-state index contributed by atoms with van der Waals surface area (Å²) in [5.74, 6) is -2.17. The lowest BCUT2D eigenvalue weighted by atomic mass is 9.99. The van der Waals surface area contributed by atoms with Crippen molar-refractivity contribution < 1.29 is 23.1 Å². The number of carboxylic acids is 1. The molecule has 1 aliphatic heterocycles. The lowest BCUT2D eigenvalue weighted by Crippen LogP contribution is -2.41. The first-order valence-corrected chi connectivity index (χ1v) is 9.00. The average molecular weight is 340 g/mol. The Morgan fingerprint density at radius 3 is 2.52 bits per heavy atom. The minimum atomic E-state index is -3.33. The molecule has 1 unspecified atom stereocenters. The number of carbonyl (C=O) groups excluding carboxylic acids is 1. The first-order valence-electron chi connectivity index (χ1n) is 7.40. The zero-order valence-electron chi connectivity index (χ0n) is 12.6. The van der Waals surface area contributed by atoms with Crippen molar-refractivity contribution in [3.63, 3.8) is 0 Å².